The molecule has 5 heteroatoms. The van der Waals surface area contributed by atoms with Crippen LogP contribution in [0.5, 0.6) is 5.75 Å². The van der Waals surface area contributed by atoms with Crippen molar-refractivity contribution < 1.29 is 4.74 Å². The van der Waals surface area contributed by atoms with Gasteiger partial charge in [-0.1, -0.05) is 32.9 Å². The number of nitrogens with zero attached hydrogens (tertiary/aromatic N) is 2. The summed E-state index contributed by atoms with van der Waals surface area (Å²) in [5.74, 6) is 1.41. The van der Waals surface area contributed by atoms with Gasteiger partial charge in [0, 0.05) is 5.41 Å². The minimum Gasteiger partial charge on any atom is -0.494 e. The molecule has 0 saturated carbocycles. The Bertz CT molecular complexity index is 599. The van der Waals surface area contributed by atoms with Gasteiger partial charge in [-0.3, -0.25) is 0 Å². The van der Waals surface area contributed by atoms with Gasteiger partial charge in [-0.05, 0) is 34.7 Å². The van der Waals surface area contributed by atoms with E-state index < -0.39 is 0 Å². The third-order valence-electron chi connectivity index (χ3n) is 2.88. The zero-order chi connectivity index (χ0) is 14.2. The molecule has 0 spiro atoms. The second kappa shape index (κ2) is 5.03. The molecule has 1 aromatic carbocycles. The van der Waals surface area contributed by atoms with Gasteiger partial charge in [-0.15, -0.1) is 0 Å². The van der Waals surface area contributed by atoms with E-state index in [9.17, 15) is 0 Å². The van der Waals surface area contributed by atoms with Crippen LogP contribution >= 0.6 is 22.6 Å². The van der Waals surface area contributed by atoms with Crippen LogP contribution in [-0.4, -0.2) is 16.9 Å². The summed E-state index contributed by atoms with van der Waals surface area (Å²) >= 11 is 2.25. The smallest absolute Gasteiger partial charge is 0.144 e. The number of ether oxygens (including phenoxy) is 1. The maximum atomic E-state index is 6.19. The molecule has 2 rings (SSSR count). The van der Waals surface area contributed by atoms with Gasteiger partial charge in [0.1, 0.15) is 17.3 Å². The SMILES string of the molecule is COc1ccccc1-n1nc(C(C)(C)C)c(I)c1N. The van der Waals surface area contributed by atoms with Crippen molar-refractivity contribution in [2.45, 2.75) is 26.2 Å². The van der Waals surface area contributed by atoms with Crippen LogP contribution in [0, 0.1) is 3.57 Å². The van der Waals surface area contributed by atoms with E-state index in [0.29, 0.717) is 5.82 Å². The van der Waals surface area contributed by atoms with Gasteiger partial charge in [0.25, 0.3) is 0 Å². The molecule has 102 valence electrons. The molecule has 0 aliphatic heterocycles. The van der Waals surface area contributed by atoms with E-state index in [0.717, 1.165) is 20.7 Å². The number of nitrogens with two attached hydrogens (primary N) is 1. The topological polar surface area (TPSA) is 53.1 Å². The highest BCUT2D eigenvalue weighted by Gasteiger charge is 2.25. The van der Waals surface area contributed by atoms with Gasteiger partial charge >= 0.3 is 0 Å². The van der Waals surface area contributed by atoms with E-state index in [1.165, 1.54) is 0 Å². The third-order valence-corrected chi connectivity index (χ3v) is 3.95. The lowest BCUT2D eigenvalue weighted by molar-refractivity contribution is 0.411. The highest BCUT2D eigenvalue weighted by atomic mass is 127. The number of benzene rings is 1. The van der Waals surface area contributed by atoms with Gasteiger partial charge in [0.05, 0.1) is 16.4 Å². The highest BCUT2D eigenvalue weighted by molar-refractivity contribution is 14.1. The molecule has 19 heavy (non-hydrogen) atoms. The number of hydrogen-bond donors (Lipinski definition) is 1. The number of halogens is 1. The van der Waals surface area contributed by atoms with Gasteiger partial charge in [-0.2, -0.15) is 5.10 Å². The van der Waals surface area contributed by atoms with Crippen LogP contribution < -0.4 is 10.5 Å². The largest absolute Gasteiger partial charge is 0.494 e. The van der Waals surface area contributed by atoms with Gasteiger partial charge < -0.3 is 10.5 Å². The van der Waals surface area contributed by atoms with E-state index in [1.807, 2.05) is 24.3 Å². The fourth-order valence-corrected chi connectivity index (χ4v) is 3.03. The monoisotopic (exact) mass is 371 g/mol. The van der Waals surface area contributed by atoms with Crippen molar-refractivity contribution in [3.63, 3.8) is 0 Å². The van der Waals surface area contributed by atoms with E-state index in [2.05, 4.69) is 48.5 Å². The van der Waals surface area contributed by atoms with Crippen LogP contribution in [0.3, 0.4) is 0 Å². The van der Waals surface area contributed by atoms with E-state index in [1.54, 1.807) is 11.8 Å². The zero-order valence-electron chi connectivity index (χ0n) is 11.6. The molecule has 0 aliphatic carbocycles. The molecule has 0 amide bonds. The Morgan fingerprint density at radius 1 is 1.26 bits per heavy atom. The van der Waals surface area contributed by atoms with Crippen molar-refractivity contribution >= 4 is 28.4 Å². The van der Waals surface area contributed by atoms with Crippen molar-refractivity contribution in [1.82, 2.24) is 9.78 Å². The molecule has 0 fully saturated rings. The Balaban J connectivity index is 2.64. The lowest BCUT2D eigenvalue weighted by atomic mass is 9.92. The van der Waals surface area contributed by atoms with Gasteiger partial charge in [0.2, 0.25) is 0 Å². The molecule has 0 radical (unpaired) electrons. The van der Waals surface area contributed by atoms with Crippen molar-refractivity contribution in [1.29, 1.82) is 0 Å². The van der Waals surface area contributed by atoms with Crippen LogP contribution in [-0.2, 0) is 5.41 Å². The first kappa shape index (κ1) is 14.2. The number of nitrogen functional groups attached to an aromatic ring is 1. The summed E-state index contributed by atoms with van der Waals surface area (Å²) in [6.45, 7) is 6.39. The average molecular weight is 371 g/mol. The second-order valence-corrected chi connectivity index (χ2v) is 6.46. The third kappa shape index (κ3) is 2.56. The number of para-hydroxylation sites is 2. The van der Waals surface area contributed by atoms with Crippen LogP contribution in [0.4, 0.5) is 5.82 Å². The number of methoxy groups -OCH3 is 1. The first-order valence-corrected chi connectivity index (χ1v) is 7.12. The predicted molar refractivity (Wildman–Crippen MR) is 85.9 cm³/mol. The lowest BCUT2D eigenvalue weighted by Gasteiger charge is -2.15. The number of anilines is 1. The molecule has 1 aromatic heterocycles. The molecule has 0 atom stereocenters. The fraction of sp³-hybridized carbons (Fsp3) is 0.357. The summed E-state index contributed by atoms with van der Waals surface area (Å²) in [4.78, 5) is 0. The number of rotatable bonds is 2. The lowest BCUT2D eigenvalue weighted by Crippen LogP contribution is -2.14. The minimum atomic E-state index is -0.0437. The Labute approximate surface area is 127 Å². The maximum absolute atomic E-state index is 6.19. The molecule has 2 aromatic rings. The summed E-state index contributed by atoms with van der Waals surface area (Å²) in [6, 6.07) is 7.73. The van der Waals surface area contributed by atoms with E-state index in [-0.39, 0.29) is 5.41 Å². The van der Waals surface area contributed by atoms with Gasteiger partial charge in [0.15, 0.2) is 0 Å². The predicted octanol–water partition coefficient (Wildman–Crippen LogP) is 3.37. The number of hydrogen-bond acceptors (Lipinski definition) is 3. The Kier molecular flexibility index (Phi) is 3.75. The Morgan fingerprint density at radius 3 is 2.42 bits per heavy atom. The molecule has 4 nitrogen and oxygen atoms in total. The molecule has 0 aliphatic rings. The molecular weight excluding hydrogens is 353 g/mol. The van der Waals surface area contributed by atoms with Crippen LogP contribution in [0.25, 0.3) is 5.69 Å². The first-order valence-electron chi connectivity index (χ1n) is 6.04. The van der Waals surface area contributed by atoms with Crippen molar-refractivity contribution in [2.24, 2.45) is 0 Å². The molecular formula is C14H18IN3O. The second-order valence-electron chi connectivity index (χ2n) is 5.38. The van der Waals surface area contributed by atoms with Crippen LogP contribution in [0.1, 0.15) is 26.5 Å². The summed E-state index contributed by atoms with van der Waals surface area (Å²) in [5, 5.41) is 4.66. The molecule has 2 N–H and O–H groups in total. The van der Waals surface area contributed by atoms with Gasteiger partial charge in [-0.25, -0.2) is 4.68 Å². The van der Waals surface area contributed by atoms with Crippen molar-refractivity contribution in [3.05, 3.63) is 33.5 Å². The first-order chi connectivity index (χ1) is 8.86. The normalized spacial score (nSPS) is 11.6. The Morgan fingerprint density at radius 2 is 1.89 bits per heavy atom. The van der Waals surface area contributed by atoms with E-state index in [4.69, 9.17) is 10.5 Å². The standard InChI is InChI=1S/C14H18IN3O/c1-14(2,3)12-11(15)13(16)18(17-12)9-7-5-6-8-10(9)19-4/h5-8H,16H2,1-4H3. The van der Waals surface area contributed by atoms with Crippen LogP contribution in [0.15, 0.2) is 24.3 Å². The van der Waals surface area contributed by atoms with Crippen molar-refractivity contribution in [3.8, 4) is 11.4 Å². The average Bonchev–Trinajstić information content (AvgIpc) is 2.66. The summed E-state index contributed by atoms with van der Waals surface area (Å²) in [6.07, 6.45) is 0. The molecule has 0 bridgehead atoms. The Hall–Kier alpha value is -1.24. The van der Waals surface area contributed by atoms with E-state index >= 15 is 0 Å². The number of aromatic nitrogens is 2. The summed E-state index contributed by atoms with van der Waals surface area (Å²) in [7, 11) is 1.65. The molecule has 0 unspecified atom stereocenters. The zero-order valence-corrected chi connectivity index (χ0v) is 13.7. The molecule has 1 heterocycles. The summed E-state index contributed by atoms with van der Waals surface area (Å²) in [5.41, 5.74) is 8.00. The van der Waals surface area contributed by atoms with Crippen LogP contribution in [0.2, 0.25) is 0 Å². The maximum Gasteiger partial charge on any atom is 0.144 e. The fourth-order valence-electron chi connectivity index (χ4n) is 1.88. The minimum absolute atomic E-state index is 0.0437. The molecule has 0 saturated heterocycles. The van der Waals surface area contributed by atoms with Crippen molar-refractivity contribution in [2.75, 3.05) is 12.8 Å². The quantitative estimate of drug-likeness (QED) is 0.824. The summed E-state index contributed by atoms with van der Waals surface area (Å²) < 4.78 is 8.12. The highest BCUT2D eigenvalue weighted by Crippen LogP contribution is 2.33.